The molecule has 6 aromatic heterocycles. The number of anilines is 4. The molecular weight excluding hydrogens is 1730 g/mol. The molecule has 135 heavy (non-hydrogen) atoms. The number of piperidine rings is 1. The number of nitrogens with zero attached hydrogens (tertiary/aromatic N) is 14. The number of aliphatic hydroxyl groups excluding tert-OH is 1. The number of piperazine rings is 1. The van der Waals surface area contributed by atoms with Crippen LogP contribution in [0.3, 0.4) is 0 Å². The van der Waals surface area contributed by atoms with Gasteiger partial charge in [0.05, 0.1) is 101 Å². The molecule has 3 saturated heterocycles. The number of pyridine rings is 1. The van der Waals surface area contributed by atoms with Crippen LogP contribution in [-0.2, 0) is 104 Å². The summed E-state index contributed by atoms with van der Waals surface area (Å²) >= 11 is 0. The average Bonchev–Trinajstić information content (AvgIpc) is 1.60. The lowest BCUT2D eigenvalue weighted by atomic mass is 9.83. The number of aromatic amines is 1. The summed E-state index contributed by atoms with van der Waals surface area (Å²) in [6.07, 6.45) is 21.5. The van der Waals surface area contributed by atoms with Crippen molar-refractivity contribution >= 4 is 92.7 Å². The van der Waals surface area contributed by atoms with Gasteiger partial charge in [-0.2, -0.15) is 10.1 Å². The van der Waals surface area contributed by atoms with Gasteiger partial charge in [-0.15, -0.1) is 0 Å². The maximum absolute atomic E-state index is 14.6. The maximum atomic E-state index is 14.6. The number of hydrogen-bond donors (Lipinski definition) is 6. The Labute approximate surface area is 786 Å². The van der Waals surface area contributed by atoms with E-state index in [-0.39, 0.29) is 112 Å². The molecule has 1 aliphatic carbocycles. The molecule has 12 heterocycles. The van der Waals surface area contributed by atoms with Crippen LogP contribution >= 0.6 is 0 Å². The first-order chi connectivity index (χ1) is 65.3. The second-order valence-electron chi connectivity index (χ2n) is 36.5. The number of esters is 1. The van der Waals surface area contributed by atoms with E-state index in [0.29, 0.717) is 209 Å². The van der Waals surface area contributed by atoms with E-state index in [1.807, 2.05) is 84.0 Å². The number of methoxy groups -OCH3 is 2. The van der Waals surface area contributed by atoms with Crippen LogP contribution in [0.25, 0.3) is 33.3 Å². The highest BCUT2D eigenvalue weighted by Gasteiger charge is 2.50. The van der Waals surface area contributed by atoms with Gasteiger partial charge in [0.1, 0.15) is 65.5 Å². The van der Waals surface area contributed by atoms with E-state index < -0.39 is 83.8 Å². The van der Waals surface area contributed by atoms with Crippen LogP contribution in [0, 0.1) is 23.7 Å². The molecule has 14 rings (SSSR count). The van der Waals surface area contributed by atoms with E-state index >= 15 is 0 Å². The van der Waals surface area contributed by atoms with Crippen molar-refractivity contribution in [3.05, 3.63) is 143 Å². The second-order valence-corrected chi connectivity index (χ2v) is 36.5. The first-order valence-corrected chi connectivity index (χ1v) is 47.6. The molecular formula is C98H130N18O19. The third kappa shape index (κ3) is 25.8. The van der Waals surface area contributed by atoms with Gasteiger partial charge in [-0.3, -0.25) is 28.8 Å². The van der Waals surface area contributed by atoms with E-state index in [1.54, 1.807) is 44.3 Å². The van der Waals surface area contributed by atoms with Gasteiger partial charge in [0.25, 0.3) is 17.6 Å². The Balaban J connectivity index is 0.466. The average molecular weight is 1860 g/mol. The van der Waals surface area contributed by atoms with Crippen LogP contribution in [-0.4, -0.2) is 290 Å². The number of amides is 4. The van der Waals surface area contributed by atoms with Gasteiger partial charge in [-0.05, 0) is 149 Å². The van der Waals surface area contributed by atoms with E-state index in [1.165, 1.54) is 30.1 Å². The molecule has 37 nitrogen and oxygen atoms in total. The quantitative estimate of drug-likeness (QED) is 0.0121. The summed E-state index contributed by atoms with van der Waals surface area (Å²) in [6.45, 7) is 16.4. The Morgan fingerprint density at radius 3 is 2.17 bits per heavy atom. The molecule has 7 aromatic rings. The lowest BCUT2D eigenvalue weighted by molar-refractivity contribution is -0.245. The normalized spacial score (nSPS) is 25.3. The fraction of sp³-hybridized carbons (Fsp3) is 0.571. The van der Waals surface area contributed by atoms with Crippen molar-refractivity contribution in [2.75, 3.05) is 141 Å². The summed E-state index contributed by atoms with van der Waals surface area (Å²) in [5.41, 5.74) is 22.0. The van der Waals surface area contributed by atoms with Crippen molar-refractivity contribution in [3.8, 4) is 11.3 Å². The lowest BCUT2D eigenvalue weighted by Gasteiger charge is -2.39. The van der Waals surface area contributed by atoms with Crippen molar-refractivity contribution in [1.82, 2.24) is 69.7 Å². The predicted molar refractivity (Wildman–Crippen MR) is 501 cm³/mol. The van der Waals surface area contributed by atoms with Crippen molar-refractivity contribution in [2.24, 2.45) is 23.7 Å². The monoisotopic (exact) mass is 1860 g/mol. The van der Waals surface area contributed by atoms with Crippen molar-refractivity contribution in [3.63, 3.8) is 0 Å². The molecule has 0 radical (unpaired) electrons. The Morgan fingerprint density at radius 1 is 0.696 bits per heavy atom. The van der Waals surface area contributed by atoms with Gasteiger partial charge in [-0.1, -0.05) is 75.4 Å². The fourth-order valence-electron chi connectivity index (χ4n) is 19.0. The molecule has 2 bridgehead atoms. The van der Waals surface area contributed by atoms with E-state index in [2.05, 4.69) is 58.3 Å². The number of nitrogens with one attached hydrogen (secondary N) is 2. The number of allylic oxidation sites excluding steroid dienone is 6. The highest BCUT2D eigenvalue weighted by molar-refractivity contribution is 6.39. The zero-order chi connectivity index (χ0) is 95.2. The summed E-state index contributed by atoms with van der Waals surface area (Å²) in [5, 5.41) is 32.9. The molecule has 1 unspecified atom stereocenters. The minimum atomic E-state index is -2.43. The van der Waals surface area contributed by atoms with E-state index in [0.717, 1.165) is 51.0 Å². The molecule has 7 aliphatic rings. The minimum Gasteiger partial charge on any atom is -0.460 e. The summed E-state index contributed by atoms with van der Waals surface area (Å²) in [5.74, 6) is -6.18. The highest BCUT2D eigenvalue weighted by Crippen LogP contribution is 2.38. The number of nitrogens with two attached hydrogens (primary N) is 2. The van der Waals surface area contributed by atoms with Gasteiger partial charge in [-0.25, -0.2) is 44.2 Å². The first-order valence-electron chi connectivity index (χ1n) is 47.6. The number of hydrogen-bond acceptors (Lipinski definition) is 31. The van der Waals surface area contributed by atoms with Crippen LogP contribution in [0.4, 0.5) is 28.3 Å². The van der Waals surface area contributed by atoms with Crippen LogP contribution in [0.15, 0.2) is 109 Å². The number of carbonyl (C=O) groups is 8. The molecule has 1 aromatic carbocycles. The largest absolute Gasteiger partial charge is 0.460 e. The molecule has 6 aliphatic heterocycles. The van der Waals surface area contributed by atoms with Crippen LogP contribution < -0.4 is 26.6 Å². The number of H-pyrrole nitrogens is 1. The first kappa shape index (κ1) is 99.5. The van der Waals surface area contributed by atoms with E-state index in [9.17, 15) is 48.6 Å². The number of fused-ring (bicyclic) bond motifs is 7. The number of rotatable bonds is 27. The summed E-state index contributed by atoms with van der Waals surface area (Å²) < 4.78 is 54.6. The number of ether oxygens (including phenoxy) is 9. The highest BCUT2D eigenvalue weighted by atomic mass is 16.6. The predicted octanol–water partition coefficient (Wildman–Crippen LogP) is 8.84. The fourth-order valence-corrected chi connectivity index (χ4v) is 19.0. The molecule has 4 fully saturated rings. The molecule has 4 amide bonds. The molecule has 37 heteroatoms. The summed E-state index contributed by atoms with van der Waals surface area (Å²) in [6, 6.07) is 9.14. The summed E-state index contributed by atoms with van der Waals surface area (Å²) in [7, 11) is 2.94. The Hall–Kier alpha value is -11.4. The Kier molecular flexibility index (Phi) is 34.9. The van der Waals surface area contributed by atoms with Gasteiger partial charge in [0.2, 0.25) is 23.6 Å². The number of Topliss-reactive ketones (excluding diaryl/α,β-unsaturated/α-hetero) is 3. The van der Waals surface area contributed by atoms with Gasteiger partial charge < -0.3 is 99.1 Å². The number of ketones is 3. The smallest absolute Gasteiger partial charge is 0.410 e. The van der Waals surface area contributed by atoms with Crippen LogP contribution in [0.2, 0.25) is 0 Å². The number of cyclic esters (lactones) is 1. The molecule has 1 saturated carbocycles. The van der Waals surface area contributed by atoms with Gasteiger partial charge >= 0.3 is 12.1 Å². The van der Waals surface area contributed by atoms with Gasteiger partial charge in [0.15, 0.2) is 11.4 Å². The maximum Gasteiger partial charge on any atom is 0.410 e. The number of nitrogen functional groups attached to an aromatic ring is 2. The molecule has 10 atom stereocenters. The molecule has 8 N–H and O–H groups in total. The third-order valence-electron chi connectivity index (χ3n) is 26.9. The zero-order valence-corrected chi connectivity index (χ0v) is 78.5. The lowest BCUT2D eigenvalue weighted by Crippen LogP contribution is -2.58. The van der Waals surface area contributed by atoms with E-state index in [4.69, 9.17) is 69.2 Å². The topological polar surface area (TPSA) is 464 Å². The summed E-state index contributed by atoms with van der Waals surface area (Å²) in [4.78, 5) is 156. The molecule has 0 spiro atoms. The number of aromatic nitrogens is 10. The number of aliphatic hydroxyl groups is 2. The number of benzene rings is 1. The van der Waals surface area contributed by atoms with Crippen LogP contribution in [0.5, 0.6) is 0 Å². The third-order valence-corrected chi connectivity index (χ3v) is 26.9. The Bertz CT molecular complexity index is 5430. The van der Waals surface area contributed by atoms with Crippen molar-refractivity contribution in [2.45, 2.75) is 218 Å². The van der Waals surface area contributed by atoms with Crippen LogP contribution in [0.1, 0.15) is 176 Å². The standard InChI is InChI=1S/C98H130N18O19/c1-61-14-9-8-10-15-62(2)80(127-6)53-75-16-13-30-98(126,135-75)87(121)93(123)115-33-12-11-17-78(115)94(124)133-74(52-79(117)63(3)49-65(5)85(120)86(128-7)84(119)64(4)48-61)25-21-66-19-23-73(24-20-66)134-97(125)114-35-28-77-72(59-114)55-104-95(108-77)111-36-38-112(39-37-111)96-105-56-76(88(99)109-96)92(122)102-32-41-130-43-45-132-47-46-131-44-42-129-40-29-81(118)113-34-27-68-50-67(18-22-70(68)58-113)57-116-91-82(89(100)106-60-107-91)83(110-116)71-51-69-26-31-101-90(69)103-54-71/h8-10,14-15,18,22,26,31,49-51,54-56,60-61,63-64,66,73-75,78,80,85-86,120,126H,11-13,16-17,19-21,23-25,27-30,32-48,52-53,57-59H2,1-7H3,(H,101,103)(H,102,122)(H2,99,105,109)(H2,100,106,107)/b10-8?,14-9+,62-15?,65-49+/t61-,63-,64-,66?,73?,74-,75?,78+,80+,85-,86+,98-/m1/s1. The SMILES string of the molecule is CO[C@H]1CC2CCC[C@@](O)(O2)C(=O)C(=O)N2CCCC[C@H]2C(=O)O[C@H](CCC2CCC(OC(=O)N3CCc4nc(N5CCN(c6ncc(C(=O)NCCOCCOCCOCCOCCC(=O)N7CCc8cc(Cn9nc(-c%10cnc%11[nH]ccc%11c%10)c%10c(N)ncnc%109)ccc8C7)c(N)n6)CC5)ncc4C3)CC2)CC(=O)[C@H](C)/C=C(\C)[C@@H](O)[C@@H](OC)C(=O)[C@H](C)C[C@H](C)/C=C/C=CC=C1C. The molecule has 726 valence electrons. The van der Waals surface area contributed by atoms with Crippen molar-refractivity contribution < 1.29 is 91.2 Å². The Morgan fingerprint density at radius 2 is 1.42 bits per heavy atom. The minimum absolute atomic E-state index is 0.0140. The zero-order valence-electron chi connectivity index (χ0n) is 78.5. The van der Waals surface area contributed by atoms with Crippen molar-refractivity contribution in [1.29, 1.82) is 0 Å². The van der Waals surface area contributed by atoms with Gasteiger partial charge in [0, 0.05) is 152 Å². The number of carbonyl (C=O) groups excluding carboxylic acids is 8. The second kappa shape index (κ2) is 47.4.